The van der Waals surface area contributed by atoms with E-state index in [-0.39, 0.29) is 11.9 Å². The zero-order chi connectivity index (χ0) is 15.4. The Hall–Kier alpha value is -0.720. The summed E-state index contributed by atoms with van der Waals surface area (Å²) in [5.74, 6) is 0.757. The number of halogens is 2. The Kier molecular flexibility index (Phi) is 5.96. The highest BCUT2D eigenvalue weighted by molar-refractivity contribution is 9.10. The van der Waals surface area contributed by atoms with Crippen LogP contribution in [-0.4, -0.2) is 47.5 Å². The first kappa shape index (κ1) is 16.6. The first-order chi connectivity index (χ1) is 10.0. The van der Waals surface area contributed by atoms with Crippen molar-refractivity contribution in [1.82, 2.24) is 4.90 Å². The molecule has 1 atom stereocenters. The van der Waals surface area contributed by atoms with Crippen molar-refractivity contribution >= 4 is 51.2 Å². The smallest absolute Gasteiger partial charge is 0.329 e. The van der Waals surface area contributed by atoms with E-state index in [2.05, 4.69) is 15.9 Å². The summed E-state index contributed by atoms with van der Waals surface area (Å²) < 4.78 is 5.84. The van der Waals surface area contributed by atoms with Gasteiger partial charge in [0.15, 0.2) is 0 Å². The fourth-order valence-electron chi connectivity index (χ4n) is 2.10. The largest absolute Gasteiger partial charge is 0.464 e. The van der Waals surface area contributed by atoms with E-state index in [1.54, 1.807) is 41.8 Å². The van der Waals surface area contributed by atoms with E-state index in [9.17, 15) is 9.59 Å². The molecule has 1 aliphatic heterocycles. The third-order valence-corrected chi connectivity index (χ3v) is 4.95. The molecule has 7 heteroatoms. The summed E-state index contributed by atoms with van der Waals surface area (Å²) >= 11 is 11.1. The monoisotopic (exact) mass is 391 g/mol. The molecule has 1 amide bonds. The lowest BCUT2D eigenvalue weighted by Crippen LogP contribution is -2.51. The Labute approximate surface area is 141 Å². The van der Waals surface area contributed by atoms with Crippen LogP contribution in [0.5, 0.6) is 0 Å². The Morgan fingerprint density at radius 3 is 3.00 bits per heavy atom. The number of rotatable bonds is 3. The van der Waals surface area contributed by atoms with Gasteiger partial charge in [-0.3, -0.25) is 4.79 Å². The molecule has 1 fully saturated rings. The van der Waals surface area contributed by atoms with Gasteiger partial charge in [0.2, 0.25) is 0 Å². The molecule has 0 N–H and O–H groups in total. The SMILES string of the molecule is CCOC(=O)C1CSCCN1C(=O)c1cc(Br)ccc1Cl. The molecule has 1 unspecified atom stereocenters. The van der Waals surface area contributed by atoms with Gasteiger partial charge in [-0.25, -0.2) is 4.79 Å². The van der Waals surface area contributed by atoms with E-state index in [1.165, 1.54) is 0 Å². The molecule has 0 spiro atoms. The van der Waals surface area contributed by atoms with Gasteiger partial charge in [0.1, 0.15) is 6.04 Å². The Balaban J connectivity index is 2.26. The number of carbonyl (C=O) groups excluding carboxylic acids is 2. The van der Waals surface area contributed by atoms with E-state index in [0.717, 1.165) is 10.2 Å². The highest BCUT2D eigenvalue weighted by Crippen LogP contribution is 2.26. The number of ether oxygens (including phenoxy) is 1. The van der Waals surface area contributed by atoms with Crippen LogP contribution in [0.2, 0.25) is 5.02 Å². The number of hydrogen-bond acceptors (Lipinski definition) is 4. The van der Waals surface area contributed by atoms with Crippen molar-refractivity contribution in [3.8, 4) is 0 Å². The number of hydrogen-bond donors (Lipinski definition) is 0. The minimum Gasteiger partial charge on any atom is -0.464 e. The van der Waals surface area contributed by atoms with Gasteiger partial charge in [0.05, 0.1) is 17.2 Å². The van der Waals surface area contributed by atoms with E-state index in [1.807, 2.05) is 0 Å². The molecule has 21 heavy (non-hydrogen) atoms. The maximum Gasteiger partial charge on any atom is 0.329 e. The van der Waals surface area contributed by atoms with Gasteiger partial charge >= 0.3 is 5.97 Å². The van der Waals surface area contributed by atoms with Crippen LogP contribution in [0.4, 0.5) is 0 Å². The molecule has 114 valence electrons. The van der Waals surface area contributed by atoms with Crippen LogP contribution in [0.1, 0.15) is 17.3 Å². The highest BCUT2D eigenvalue weighted by Gasteiger charge is 2.34. The lowest BCUT2D eigenvalue weighted by atomic mass is 10.1. The number of carbonyl (C=O) groups is 2. The van der Waals surface area contributed by atoms with Crippen molar-refractivity contribution in [1.29, 1.82) is 0 Å². The van der Waals surface area contributed by atoms with Crippen LogP contribution < -0.4 is 0 Å². The first-order valence-electron chi connectivity index (χ1n) is 6.55. The molecule has 1 saturated heterocycles. The summed E-state index contributed by atoms with van der Waals surface area (Å²) in [7, 11) is 0. The van der Waals surface area contributed by atoms with Gasteiger partial charge in [-0.15, -0.1) is 0 Å². The van der Waals surface area contributed by atoms with Crippen LogP contribution in [0, 0.1) is 0 Å². The third kappa shape index (κ3) is 3.93. The minimum absolute atomic E-state index is 0.236. The van der Waals surface area contributed by atoms with Gasteiger partial charge in [0.25, 0.3) is 5.91 Å². The summed E-state index contributed by atoms with van der Waals surface area (Å²) in [6.07, 6.45) is 0. The average molecular weight is 393 g/mol. The molecule has 1 aliphatic rings. The normalized spacial score (nSPS) is 18.4. The van der Waals surface area contributed by atoms with Crippen LogP contribution in [0.3, 0.4) is 0 Å². The number of benzene rings is 1. The van der Waals surface area contributed by atoms with Crippen LogP contribution >= 0.6 is 39.3 Å². The highest BCUT2D eigenvalue weighted by atomic mass is 79.9. The minimum atomic E-state index is -0.550. The number of nitrogens with zero attached hydrogens (tertiary/aromatic N) is 1. The molecule has 1 aromatic rings. The number of amides is 1. The fraction of sp³-hybridized carbons (Fsp3) is 0.429. The summed E-state index contributed by atoms with van der Waals surface area (Å²) in [6, 6.07) is 4.56. The molecule has 0 aromatic heterocycles. The molecule has 1 heterocycles. The molecular formula is C14H15BrClNO3S. The van der Waals surface area contributed by atoms with Crippen LogP contribution in [0.25, 0.3) is 0 Å². The molecule has 2 rings (SSSR count). The second-order valence-corrected chi connectivity index (χ2v) is 6.94. The fourth-order valence-corrected chi connectivity index (χ4v) is 3.69. The van der Waals surface area contributed by atoms with Crippen molar-refractivity contribution in [3.05, 3.63) is 33.3 Å². The molecule has 0 aliphatic carbocycles. The molecule has 0 saturated carbocycles. The van der Waals surface area contributed by atoms with Gasteiger partial charge in [-0.2, -0.15) is 11.8 Å². The standard InChI is InChI=1S/C14H15BrClNO3S/c1-2-20-14(19)12-8-21-6-5-17(12)13(18)10-7-9(15)3-4-11(10)16/h3-4,7,12H,2,5-6,8H2,1H3. The molecule has 4 nitrogen and oxygen atoms in total. The lowest BCUT2D eigenvalue weighted by molar-refractivity contribution is -0.147. The summed E-state index contributed by atoms with van der Waals surface area (Å²) in [5.41, 5.74) is 0.396. The van der Waals surface area contributed by atoms with E-state index >= 15 is 0 Å². The lowest BCUT2D eigenvalue weighted by Gasteiger charge is -2.33. The maximum absolute atomic E-state index is 12.7. The zero-order valence-corrected chi connectivity index (χ0v) is 14.6. The Bertz CT molecular complexity index is 555. The summed E-state index contributed by atoms with van der Waals surface area (Å²) in [4.78, 5) is 26.3. The van der Waals surface area contributed by atoms with Crippen molar-refractivity contribution < 1.29 is 14.3 Å². The van der Waals surface area contributed by atoms with Gasteiger partial charge in [-0.05, 0) is 25.1 Å². The van der Waals surface area contributed by atoms with Crippen molar-refractivity contribution in [2.24, 2.45) is 0 Å². The Morgan fingerprint density at radius 2 is 2.29 bits per heavy atom. The van der Waals surface area contributed by atoms with Gasteiger partial charge in [0, 0.05) is 22.5 Å². The molecular weight excluding hydrogens is 378 g/mol. The van der Waals surface area contributed by atoms with Gasteiger partial charge < -0.3 is 9.64 Å². The van der Waals surface area contributed by atoms with Crippen molar-refractivity contribution in [3.63, 3.8) is 0 Å². The predicted molar refractivity (Wildman–Crippen MR) is 87.9 cm³/mol. The average Bonchev–Trinajstić information content (AvgIpc) is 2.49. The second-order valence-electron chi connectivity index (χ2n) is 4.47. The van der Waals surface area contributed by atoms with Crippen molar-refractivity contribution in [2.45, 2.75) is 13.0 Å². The number of esters is 1. The summed E-state index contributed by atoms with van der Waals surface area (Å²) in [6.45, 7) is 2.57. The second kappa shape index (κ2) is 7.51. The molecule has 0 radical (unpaired) electrons. The molecule has 1 aromatic carbocycles. The first-order valence-corrected chi connectivity index (χ1v) is 8.87. The summed E-state index contributed by atoms with van der Waals surface area (Å²) in [5, 5.41) is 0.379. The van der Waals surface area contributed by atoms with Gasteiger partial charge in [-0.1, -0.05) is 27.5 Å². The predicted octanol–water partition coefficient (Wildman–Crippen LogP) is 3.22. The Morgan fingerprint density at radius 1 is 1.52 bits per heavy atom. The number of thioether (sulfide) groups is 1. The third-order valence-electron chi connectivity index (χ3n) is 3.11. The van der Waals surface area contributed by atoms with Crippen LogP contribution in [0.15, 0.2) is 22.7 Å². The van der Waals surface area contributed by atoms with E-state index in [0.29, 0.717) is 29.5 Å². The quantitative estimate of drug-likeness (QED) is 0.741. The van der Waals surface area contributed by atoms with E-state index < -0.39 is 6.04 Å². The maximum atomic E-state index is 12.7. The van der Waals surface area contributed by atoms with Crippen LogP contribution in [-0.2, 0) is 9.53 Å². The topological polar surface area (TPSA) is 46.6 Å². The van der Waals surface area contributed by atoms with E-state index in [4.69, 9.17) is 16.3 Å². The molecule has 0 bridgehead atoms. The van der Waals surface area contributed by atoms with Crippen molar-refractivity contribution in [2.75, 3.05) is 24.7 Å². The zero-order valence-electron chi connectivity index (χ0n) is 11.5.